The van der Waals surface area contributed by atoms with E-state index in [-0.39, 0.29) is 11.9 Å². The summed E-state index contributed by atoms with van der Waals surface area (Å²) in [6.07, 6.45) is 4.34. The molecule has 0 aliphatic heterocycles. The van der Waals surface area contributed by atoms with E-state index in [0.717, 1.165) is 12.8 Å². The summed E-state index contributed by atoms with van der Waals surface area (Å²) in [7, 11) is 0. The molecule has 0 spiro atoms. The van der Waals surface area contributed by atoms with E-state index >= 15 is 0 Å². The molecule has 0 aliphatic carbocycles. The van der Waals surface area contributed by atoms with Crippen molar-refractivity contribution in [1.29, 1.82) is 0 Å². The molecule has 0 fully saturated rings. The maximum absolute atomic E-state index is 11.7. The van der Waals surface area contributed by atoms with Crippen molar-refractivity contribution in [2.45, 2.75) is 32.6 Å². The first-order valence-corrected chi connectivity index (χ1v) is 6.50. The number of aliphatic imine (C=N–C) groups is 1. The van der Waals surface area contributed by atoms with Gasteiger partial charge in [-0.3, -0.25) is 0 Å². The van der Waals surface area contributed by atoms with Crippen molar-refractivity contribution in [3.63, 3.8) is 0 Å². The van der Waals surface area contributed by atoms with Crippen molar-refractivity contribution in [2.24, 2.45) is 16.5 Å². The highest BCUT2D eigenvalue weighted by Gasteiger charge is 2.06. The van der Waals surface area contributed by atoms with Crippen LogP contribution in [0.5, 0.6) is 0 Å². The number of nitrogens with zero attached hydrogens (tertiary/aromatic N) is 1. The van der Waals surface area contributed by atoms with Gasteiger partial charge in [0.1, 0.15) is 0 Å². The Kier molecular flexibility index (Phi) is 6.43. The molecule has 1 rings (SSSR count). The number of hydrogen-bond acceptors (Lipinski definition) is 3. The van der Waals surface area contributed by atoms with Crippen molar-refractivity contribution in [2.75, 3.05) is 6.61 Å². The van der Waals surface area contributed by atoms with Crippen LogP contribution in [0, 0.1) is 0 Å². The lowest BCUT2D eigenvalue weighted by molar-refractivity contribution is 0.0498. The Morgan fingerprint density at radius 3 is 2.42 bits per heavy atom. The zero-order valence-corrected chi connectivity index (χ0v) is 11.3. The van der Waals surface area contributed by atoms with E-state index in [1.54, 1.807) is 24.3 Å². The zero-order valence-electron chi connectivity index (χ0n) is 11.3. The average Bonchev–Trinajstić information content (AvgIpc) is 2.38. The second kappa shape index (κ2) is 8.13. The summed E-state index contributed by atoms with van der Waals surface area (Å²) in [6.45, 7) is 2.61. The van der Waals surface area contributed by atoms with Crippen LogP contribution in [0.3, 0.4) is 0 Å². The minimum absolute atomic E-state index is 0.00810. The SMILES string of the molecule is CCCCCCOC(=O)c1ccc(N=C(N)N)cc1. The number of guanidine groups is 1. The lowest BCUT2D eigenvalue weighted by atomic mass is 10.2. The fourth-order valence-electron chi connectivity index (χ4n) is 1.60. The van der Waals surface area contributed by atoms with E-state index in [1.165, 1.54) is 12.8 Å². The zero-order chi connectivity index (χ0) is 14.1. The molecule has 0 saturated carbocycles. The quantitative estimate of drug-likeness (QED) is 0.342. The minimum Gasteiger partial charge on any atom is -0.462 e. The first kappa shape index (κ1) is 15.0. The number of unbranched alkanes of at least 4 members (excludes halogenated alkanes) is 3. The number of hydrogen-bond donors (Lipinski definition) is 2. The average molecular weight is 263 g/mol. The van der Waals surface area contributed by atoms with Crippen molar-refractivity contribution in [3.8, 4) is 0 Å². The van der Waals surface area contributed by atoms with Gasteiger partial charge in [0.15, 0.2) is 5.96 Å². The lowest BCUT2D eigenvalue weighted by Crippen LogP contribution is -2.21. The number of benzene rings is 1. The van der Waals surface area contributed by atoms with Crippen LogP contribution in [-0.4, -0.2) is 18.5 Å². The molecule has 1 aromatic carbocycles. The van der Waals surface area contributed by atoms with Crippen LogP contribution in [0.4, 0.5) is 5.69 Å². The molecule has 0 aliphatic rings. The molecule has 0 aromatic heterocycles. The number of carbonyl (C=O) groups is 1. The molecule has 5 nitrogen and oxygen atoms in total. The van der Waals surface area contributed by atoms with Gasteiger partial charge in [-0.05, 0) is 30.7 Å². The number of rotatable bonds is 7. The third-order valence-corrected chi connectivity index (χ3v) is 2.59. The van der Waals surface area contributed by atoms with Gasteiger partial charge in [-0.1, -0.05) is 26.2 Å². The second-order valence-corrected chi connectivity index (χ2v) is 4.28. The van der Waals surface area contributed by atoms with E-state index in [0.29, 0.717) is 17.9 Å². The van der Waals surface area contributed by atoms with Crippen LogP contribution in [0.25, 0.3) is 0 Å². The van der Waals surface area contributed by atoms with Gasteiger partial charge in [-0.15, -0.1) is 0 Å². The van der Waals surface area contributed by atoms with Crippen LogP contribution < -0.4 is 11.5 Å². The van der Waals surface area contributed by atoms with Gasteiger partial charge >= 0.3 is 5.97 Å². The molecule has 0 heterocycles. The highest BCUT2D eigenvalue weighted by Crippen LogP contribution is 2.13. The summed E-state index contributed by atoms with van der Waals surface area (Å²) in [5.41, 5.74) is 11.6. The molecular weight excluding hydrogens is 242 g/mol. The van der Waals surface area contributed by atoms with Gasteiger partial charge < -0.3 is 16.2 Å². The predicted octanol–water partition coefficient (Wildman–Crippen LogP) is 2.33. The molecule has 5 heteroatoms. The third kappa shape index (κ3) is 5.90. The summed E-state index contributed by atoms with van der Waals surface area (Å²) in [6, 6.07) is 6.65. The molecule has 0 bridgehead atoms. The summed E-state index contributed by atoms with van der Waals surface area (Å²) in [5, 5.41) is 0. The van der Waals surface area contributed by atoms with Crippen molar-refractivity contribution < 1.29 is 9.53 Å². The van der Waals surface area contributed by atoms with Gasteiger partial charge in [0, 0.05) is 0 Å². The number of nitrogens with two attached hydrogens (primary N) is 2. The minimum atomic E-state index is -0.312. The fourth-order valence-corrected chi connectivity index (χ4v) is 1.60. The first-order valence-electron chi connectivity index (χ1n) is 6.50. The summed E-state index contributed by atoms with van der Waals surface area (Å²) in [5.74, 6) is -0.320. The second-order valence-electron chi connectivity index (χ2n) is 4.28. The Labute approximate surface area is 113 Å². The standard InChI is InChI=1S/C14H21N3O2/c1-2-3-4-5-10-19-13(18)11-6-8-12(9-7-11)17-14(15)16/h6-9H,2-5,10H2,1H3,(H4,15,16,17). The molecule has 0 unspecified atom stereocenters. The lowest BCUT2D eigenvalue weighted by Gasteiger charge is -2.04. The monoisotopic (exact) mass is 263 g/mol. The maximum atomic E-state index is 11.7. The molecule has 0 saturated heterocycles. The van der Waals surface area contributed by atoms with Gasteiger partial charge in [-0.2, -0.15) is 0 Å². The Hall–Kier alpha value is -2.04. The smallest absolute Gasteiger partial charge is 0.338 e. The van der Waals surface area contributed by atoms with Crippen molar-refractivity contribution >= 4 is 17.6 Å². The Morgan fingerprint density at radius 2 is 1.84 bits per heavy atom. The summed E-state index contributed by atoms with van der Waals surface area (Å²) < 4.78 is 5.17. The Balaban J connectivity index is 2.42. The maximum Gasteiger partial charge on any atom is 0.338 e. The number of ether oxygens (including phenoxy) is 1. The highest BCUT2D eigenvalue weighted by molar-refractivity contribution is 5.90. The normalized spacial score (nSPS) is 9.95. The Bertz CT molecular complexity index is 423. The van der Waals surface area contributed by atoms with E-state index in [1.807, 2.05) is 0 Å². The molecule has 1 aromatic rings. The molecule has 0 atom stereocenters. The van der Waals surface area contributed by atoms with Crippen LogP contribution >= 0.6 is 0 Å². The van der Waals surface area contributed by atoms with Gasteiger partial charge in [-0.25, -0.2) is 9.79 Å². The van der Waals surface area contributed by atoms with Crippen molar-refractivity contribution in [1.82, 2.24) is 0 Å². The number of carbonyl (C=O) groups excluding carboxylic acids is 1. The summed E-state index contributed by atoms with van der Waals surface area (Å²) >= 11 is 0. The molecule has 0 amide bonds. The van der Waals surface area contributed by atoms with E-state index in [9.17, 15) is 4.79 Å². The van der Waals surface area contributed by atoms with Crippen LogP contribution in [0.1, 0.15) is 43.0 Å². The third-order valence-electron chi connectivity index (χ3n) is 2.59. The van der Waals surface area contributed by atoms with Gasteiger partial charge in [0.05, 0.1) is 17.9 Å². The fraction of sp³-hybridized carbons (Fsp3) is 0.429. The van der Waals surface area contributed by atoms with E-state index in [4.69, 9.17) is 16.2 Å². The molecular formula is C14H21N3O2. The summed E-state index contributed by atoms with van der Waals surface area (Å²) in [4.78, 5) is 15.6. The topological polar surface area (TPSA) is 90.7 Å². The molecule has 0 radical (unpaired) electrons. The van der Waals surface area contributed by atoms with Crippen LogP contribution in [0.15, 0.2) is 29.3 Å². The van der Waals surface area contributed by atoms with Crippen molar-refractivity contribution in [3.05, 3.63) is 29.8 Å². The first-order chi connectivity index (χ1) is 9.13. The highest BCUT2D eigenvalue weighted by atomic mass is 16.5. The Morgan fingerprint density at radius 1 is 1.16 bits per heavy atom. The molecule has 104 valence electrons. The molecule has 19 heavy (non-hydrogen) atoms. The largest absolute Gasteiger partial charge is 0.462 e. The van der Waals surface area contributed by atoms with E-state index < -0.39 is 0 Å². The van der Waals surface area contributed by atoms with E-state index in [2.05, 4.69) is 11.9 Å². The van der Waals surface area contributed by atoms with Crippen LogP contribution in [0.2, 0.25) is 0 Å². The van der Waals surface area contributed by atoms with Gasteiger partial charge in [0.2, 0.25) is 0 Å². The number of esters is 1. The van der Waals surface area contributed by atoms with Gasteiger partial charge in [0.25, 0.3) is 0 Å². The predicted molar refractivity (Wildman–Crippen MR) is 76.3 cm³/mol. The van der Waals surface area contributed by atoms with Crippen LogP contribution in [-0.2, 0) is 4.74 Å². The molecule has 4 N–H and O–H groups in total.